The first-order valence-electron chi connectivity index (χ1n) is 10.5. The van der Waals surface area contributed by atoms with Gasteiger partial charge in [0.2, 0.25) is 5.91 Å². The normalized spacial score (nSPS) is 17.3. The molecule has 1 aromatic heterocycles. The van der Waals surface area contributed by atoms with Gasteiger partial charge in [-0.3, -0.25) is 9.59 Å². The molecule has 0 unspecified atom stereocenters. The molecule has 3 aromatic rings. The number of nitrogens with zero attached hydrogens (tertiary/aromatic N) is 2. The molecule has 1 N–H and O–H groups in total. The average Bonchev–Trinajstić information content (AvgIpc) is 2.72. The van der Waals surface area contributed by atoms with Crippen molar-refractivity contribution in [2.75, 3.05) is 10.7 Å². The van der Waals surface area contributed by atoms with Crippen molar-refractivity contribution in [3.05, 3.63) is 76.1 Å². The van der Waals surface area contributed by atoms with E-state index in [9.17, 15) is 9.59 Å². The van der Waals surface area contributed by atoms with Crippen LogP contribution in [-0.2, 0) is 4.79 Å². The van der Waals surface area contributed by atoms with Gasteiger partial charge in [0.25, 0.3) is 5.56 Å². The van der Waals surface area contributed by atoms with E-state index in [1.807, 2.05) is 35.2 Å². The molecule has 6 heteroatoms. The number of carbonyl (C=O) groups is 1. The first-order chi connectivity index (χ1) is 14.7. The van der Waals surface area contributed by atoms with Crippen molar-refractivity contribution >= 4 is 23.4 Å². The van der Waals surface area contributed by atoms with E-state index in [1.165, 1.54) is 29.0 Å². The molecular formula is C25H27N3O2S. The number of carbonyl (C=O) groups excluding carboxylic acids is 1. The second kappa shape index (κ2) is 8.35. The van der Waals surface area contributed by atoms with Gasteiger partial charge in [0.05, 0.1) is 11.4 Å². The Kier molecular flexibility index (Phi) is 5.75. The van der Waals surface area contributed by atoms with Crippen molar-refractivity contribution in [1.29, 1.82) is 0 Å². The van der Waals surface area contributed by atoms with Crippen LogP contribution in [0.5, 0.6) is 0 Å². The zero-order valence-corrected chi connectivity index (χ0v) is 19.1. The highest BCUT2D eigenvalue weighted by Gasteiger charge is 2.39. The molecule has 0 saturated carbocycles. The van der Waals surface area contributed by atoms with Crippen LogP contribution < -0.4 is 10.5 Å². The SMILES string of the molecule is Cc1ccc2c(c1)[C@@H](C)CC(C)(C)N2C(=O)CSc1nc(-c2ccccc2)cc(=O)[nH]1. The fraction of sp³-hybridized carbons (Fsp3) is 0.320. The van der Waals surface area contributed by atoms with Gasteiger partial charge in [-0.1, -0.05) is 66.7 Å². The van der Waals surface area contributed by atoms with Crippen LogP contribution in [0.15, 0.2) is 64.5 Å². The monoisotopic (exact) mass is 433 g/mol. The zero-order chi connectivity index (χ0) is 22.2. The number of aromatic nitrogens is 2. The molecule has 1 atom stereocenters. The quantitative estimate of drug-likeness (QED) is 0.456. The number of rotatable bonds is 4. The molecule has 1 aliphatic rings. The van der Waals surface area contributed by atoms with E-state index in [0.29, 0.717) is 16.8 Å². The summed E-state index contributed by atoms with van der Waals surface area (Å²) in [6, 6.07) is 17.4. The molecule has 0 radical (unpaired) electrons. The number of aromatic amines is 1. The molecule has 0 spiro atoms. The van der Waals surface area contributed by atoms with Gasteiger partial charge < -0.3 is 9.88 Å². The van der Waals surface area contributed by atoms with Gasteiger partial charge in [0.1, 0.15) is 0 Å². The predicted octanol–water partition coefficient (Wildman–Crippen LogP) is 5.16. The van der Waals surface area contributed by atoms with Crippen molar-refractivity contribution in [3.63, 3.8) is 0 Å². The van der Waals surface area contributed by atoms with E-state index < -0.39 is 0 Å². The predicted molar refractivity (Wildman–Crippen MR) is 127 cm³/mol. The fourth-order valence-corrected chi connectivity index (χ4v) is 5.20. The number of nitrogens with one attached hydrogen (secondary N) is 1. The molecular weight excluding hydrogens is 406 g/mol. The van der Waals surface area contributed by atoms with Gasteiger partial charge in [-0.15, -0.1) is 0 Å². The van der Waals surface area contributed by atoms with Crippen molar-refractivity contribution < 1.29 is 4.79 Å². The molecule has 4 rings (SSSR count). The third kappa shape index (κ3) is 4.44. The lowest BCUT2D eigenvalue weighted by atomic mass is 9.79. The molecule has 2 heterocycles. The number of fused-ring (bicyclic) bond motifs is 1. The van der Waals surface area contributed by atoms with Gasteiger partial charge >= 0.3 is 0 Å². The lowest BCUT2D eigenvalue weighted by Gasteiger charge is -2.46. The van der Waals surface area contributed by atoms with Gasteiger partial charge in [-0.25, -0.2) is 4.98 Å². The third-order valence-electron chi connectivity index (χ3n) is 5.74. The minimum atomic E-state index is -0.286. The molecule has 160 valence electrons. The Morgan fingerprint density at radius 1 is 1.19 bits per heavy atom. The molecule has 0 fully saturated rings. The molecule has 1 amide bonds. The summed E-state index contributed by atoms with van der Waals surface area (Å²) in [5, 5.41) is 0.451. The smallest absolute Gasteiger partial charge is 0.252 e. The van der Waals surface area contributed by atoms with Crippen molar-refractivity contribution in [2.24, 2.45) is 0 Å². The van der Waals surface area contributed by atoms with Crippen LogP contribution in [0.1, 0.15) is 44.2 Å². The van der Waals surface area contributed by atoms with E-state index in [1.54, 1.807) is 0 Å². The molecule has 31 heavy (non-hydrogen) atoms. The topological polar surface area (TPSA) is 66.1 Å². The van der Waals surface area contributed by atoms with Crippen LogP contribution in [0.3, 0.4) is 0 Å². The fourth-order valence-electron chi connectivity index (χ4n) is 4.48. The van der Waals surface area contributed by atoms with Crippen molar-refractivity contribution in [3.8, 4) is 11.3 Å². The number of hydrogen-bond donors (Lipinski definition) is 1. The summed E-state index contributed by atoms with van der Waals surface area (Å²) in [6.07, 6.45) is 0.901. The summed E-state index contributed by atoms with van der Waals surface area (Å²) < 4.78 is 0. The Morgan fingerprint density at radius 2 is 1.94 bits per heavy atom. The Hall–Kier alpha value is -2.86. The minimum absolute atomic E-state index is 0.0137. The Labute approximate surface area is 186 Å². The van der Waals surface area contributed by atoms with E-state index in [2.05, 4.69) is 55.9 Å². The summed E-state index contributed by atoms with van der Waals surface area (Å²) >= 11 is 1.27. The number of amides is 1. The van der Waals surface area contributed by atoms with Crippen LogP contribution in [0.4, 0.5) is 5.69 Å². The molecule has 2 aromatic carbocycles. The number of hydrogen-bond acceptors (Lipinski definition) is 4. The maximum Gasteiger partial charge on any atom is 0.252 e. The second-order valence-corrected chi connectivity index (χ2v) is 9.76. The van der Waals surface area contributed by atoms with Gasteiger partial charge in [-0.05, 0) is 44.7 Å². The summed E-state index contributed by atoms with van der Waals surface area (Å²) in [7, 11) is 0. The van der Waals surface area contributed by atoms with Gasteiger partial charge in [0, 0.05) is 22.9 Å². The molecule has 0 bridgehead atoms. The first-order valence-corrected chi connectivity index (χ1v) is 11.5. The Bertz CT molecular complexity index is 1170. The van der Waals surface area contributed by atoms with E-state index in [0.717, 1.165) is 17.7 Å². The molecule has 0 saturated heterocycles. The minimum Gasteiger partial charge on any atom is -0.306 e. The maximum absolute atomic E-state index is 13.4. The Morgan fingerprint density at radius 3 is 2.68 bits per heavy atom. The van der Waals surface area contributed by atoms with E-state index in [4.69, 9.17) is 0 Å². The van der Waals surface area contributed by atoms with Crippen LogP contribution >= 0.6 is 11.8 Å². The summed E-state index contributed by atoms with van der Waals surface area (Å²) in [5.74, 6) is 0.605. The van der Waals surface area contributed by atoms with Crippen LogP contribution in [0.25, 0.3) is 11.3 Å². The van der Waals surface area contributed by atoms with Crippen LogP contribution in [0.2, 0.25) is 0 Å². The molecule has 5 nitrogen and oxygen atoms in total. The highest BCUT2D eigenvalue weighted by Crippen LogP contribution is 2.44. The zero-order valence-electron chi connectivity index (χ0n) is 18.3. The van der Waals surface area contributed by atoms with Crippen LogP contribution in [0, 0.1) is 6.92 Å². The summed E-state index contributed by atoms with van der Waals surface area (Å²) in [6.45, 7) is 8.53. The average molecular weight is 434 g/mol. The standard InChI is InChI=1S/C25H27N3O2S/c1-16-10-11-21-19(12-16)17(2)14-25(3,4)28(21)23(30)15-31-24-26-20(13-22(29)27-24)18-8-6-5-7-9-18/h5-13,17H,14-15H2,1-4H3,(H,26,27,29)/t17-/m0/s1. The lowest BCUT2D eigenvalue weighted by molar-refractivity contribution is -0.117. The van der Waals surface area contributed by atoms with E-state index in [-0.39, 0.29) is 22.8 Å². The number of anilines is 1. The van der Waals surface area contributed by atoms with Gasteiger partial charge in [-0.2, -0.15) is 0 Å². The number of aryl methyl sites for hydroxylation is 1. The number of H-pyrrole nitrogens is 1. The first kappa shape index (κ1) is 21.4. The van der Waals surface area contributed by atoms with E-state index >= 15 is 0 Å². The Balaban J connectivity index is 1.59. The second-order valence-electron chi connectivity index (χ2n) is 8.80. The maximum atomic E-state index is 13.4. The molecule has 0 aliphatic carbocycles. The van der Waals surface area contributed by atoms with Crippen LogP contribution in [-0.4, -0.2) is 27.2 Å². The number of benzene rings is 2. The number of thioether (sulfide) groups is 1. The lowest BCUT2D eigenvalue weighted by Crippen LogP contribution is -2.52. The van der Waals surface area contributed by atoms with Gasteiger partial charge in [0.15, 0.2) is 5.16 Å². The summed E-state index contributed by atoms with van der Waals surface area (Å²) in [4.78, 5) is 34.8. The van der Waals surface area contributed by atoms with Crippen molar-refractivity contribution in [2.45, 2.75) is 50.7 Å². The van der Waals surface area contributed by atoms with Crippen molar-refractivity contribution in [1.82, 2.24) is 9.97 Å². The third-order valence-corrected chi connectivity index (χ3v) is 6.60. The molecule has 1 aliphatic heterocycles. The summed E-state index contributed by atoms with van der Waals surface area (Å²) in [5.41, 5.74) is 4.37. The largest absolute Gasteiger partial charge is 0.306 e. The highest BCUT2D eigenvalue weighted by molar-refractivity contribution is 7.99. The highest BCUT2D eigenvalue weighted by atomic mass is 32.2.